The molecule has 0 heterocycles. The molecule has 0 aliphatic heterocycles. The average Bonchev–Trinajstić information content (AvgIpc) is 2.43. The summed E-state index contributed by atoms with van der Waals surface area (Å²) in [4.78, 5) is 2.03. The number of nitrogens with zero attached hydrogens (tertiary/aromatic N) is 1. The standard InChI is InChI=1S/C16H26FNO2/c1-5-13(6-2)18(10-11-20-4)16-14(12(3)19)8-7-9-15(16)17/h7-9,12-13,19H,5-6,10-11H2,1-4H3. The van der Waals surface area contributed by atoms with Gasteiger partial charge in [-0.2, -0.15) is 0 Å². The highest BCUT2D eigenvalue weighted by molar-refractivity contribution is 5.56. The van der Waals surface area contributed by atoms with E-state index in [1.807, 2.05) is 4.90 Å². The van der Waals surface area contributed by atoms with Gasteiger partial charge >= 0.3 is 0 Å². The summed E-state index contributed by atoms with van der Waals surface area (Å²) in [6.45, 7) is 7.00. The molecule has 1 atom stereocenters. The van der Waals surface area contributed by atoms with Gasteiger partial charge < -0.3 is 14.7 Å². The van der Waals surface area contributed by atoms with Gasteiger partial charge in [0.1, 0.15) is 5.82 Å². The van der Waals surface area contributed by atoms with Gasteiger partial charge in [0.2, 0.25) is 0 Å². The Hall–Kier alpha value is -1.13. The van der Waals surface area contributed by atoms with Gasteiger partial charge in [-0.25, -0.2) is 4.39 Å². The molecule has 0 aliphatic rings. The zero-order valence-corrected chi connectivity index (χ0v) is 12.9. The predicted molar refractivity (Wildman–Crippen MR) is 80.6 cm³/mol. The number of hydrogen-bond donors (Lipinski definition) is 1. The summed E-state index contributed by atoms with van der Waals surface area (Å²) in [7, 11) is 1.64. The van der Waals surface area contributed by atoms with Crippen LogP contribution >= 0.6 is 0 Å². The molecule has 1 N–H and O–H groups in total. The zero-order valence-electron chi connectivity index (χ0n) is 12.9. The smallest absolute Gasteiger partial charge is 0.146 e. The van der Waals surface area contributed by atoms with Gasteiger partial charge in [0, 0.05) is 25.3 Å². The molecule has 1 rings (SSSR count). The number of hydrogen-bond acceptors (Lipinski definition) is 3. The second kappa shape index (κ2) is 8.22. The van der Waals surface area contributed by atoms with E-state index < -0.39 is 6.10 Å². The van der Waals surface area contributed by atoms with Crippen LogP contribution in [0.1, 0.15) is 45.3 Å². The van der Waals surface area contributed by atoms with Crippen LogP contribution in [0.4, 0.5) is 10.1 Å². The fourth-order valence-corrected chi connectivity index (χ4v) is 2.57. The Kier molecular flexibility index (Phi) is 6.96. The molecule has 1 unspecified atom stereocenters. The second-order valence-corrected chi connectivity index (χ2v) is 5.01. The van der Waals surface area contributed by atoms with E-state index >= 15 is 0 Å². The molecule has 0 aromatic heterocycles. The van der Waals surface area contributed by atoms with E-state index in [9.17, 15) is 9.50 Å². The van der Waals surface area contributed by atoms with Gasteiger partial charge in [0.05, 0.1) is 18.4 Å². The van der Waals surface area contributed by atoms with Crippen molar-refractivity contribution in [1.29, 1.82) is 0 Å². The van der Waals surface area contributed by atoms with Gasteiger partial charge in [0.15, 0.2) is 0 Å². The summed E-state index contributed by atoms with van der Waals surface area (Å²) in [6.07, 6.45) is 1.15. The minimum atomic E-state index is -0.694. The van der Waals surface area contributed by atoms with Crippen molar-refractivity contribution in [2.75, 3.05) is 25.2 Å². The molecule has 1 aromatic rings. The van der Waals surface area contributed by atoms with E-state index in [4.69, 9.17) is 4.74 Å². The minimum Gasteiger partial charge on any atom is -0.389 e. The fraction of sp³-hybridized carbons (Fsp3) is 0.625. The SMILES string of the molecule is CCC(CC)N(CCOC)c1c(F)cccc1C(C)O. The molecule has 3 nitrogen and oxygen atoms in total. The lowest BCUT2D eigenvalue weighted by Gasteiger charge is -2.34. The normalized spacial score (nSPS) is 12.8. The molecule has 1 aromatic carbocycles. The summed E-state index contributed by atoms with van der Waals surface area (Å²) in [5.41, 5.74) is 1.14. The molecular weight excluding hydrogens is 257 g/mol. The second-order valence-electron chi connectivity index (χ2n) is 5.01. The lowest BCUT2D eigenvalue weighted by molar-refractivity contribution is 0.195. The molecule has 4 heteroatoms. The fourth-order valence-electron chi connectivity index (χ4n) is 2.57. The van der Waals surface area contributed by atoms with E-state index in [0.717, 1.165) is 12.8 Å². The first-order valence-electron chi connectivity index (χ1n) is 7.28. The maximum Gasteiger partial charge on any atom is 0.146 e. The van der Waals surface area contributed by atoms with E-state index in [1.54, 1.807) is 26.2 Å². The van der Waals surface area contributed by atoms with Crippen LogP contribution in [0.2, 0.25) is 0 Å². The first-order valence-corrected chi connectivity index (χ1v) is 7.28. The van der Waals surface area contributed by atoms with E-state index in [0.29, 0.717) is 24.4 Å². The molecular formula is C16H26FNO2. The summed E-state index contributed by atoms with van der Waals surface area (Å²) in [5, 5.41) is 9.91. The van der Waals surface area contributed by atoms with Crippen LogP contribution < -0.4 is 4.90 Å². The Labute approximate surface area is 121 Å². The maximum absolute atomic E-state index is 14.3. The van der Waals surface area contributed by atoms with Crippen molar-refractivity contribution in [3.63, 3.8) is 0 Å². The summed E-state index contributed by atoms with van der Waals surface area (Å²) >= 11 is 0. The highest BCUT2D eigenvalue weighted by Crippen LogP contribution is 2.31. The molecule has 0 fully saturated rings. The molecule has 0 saturated carbocycles. The molecule has 0 bridgehead atoms. The van der Waals surface area contributed by atoms with Gasteiger partial charge in [-0.15, -0.1) is 0 Å². The van der Waals surface area contributed by atoms with Crippen molar-refractivity contribution in [3.8, 4) is 0 Å². The van der Waals surface area contributed by atoms with Crippen LogP contribution in [0.25, 0.3) is 0 Å². The first-order chi connectivity index (χ1) is 9.56. The number of ether oxygens (including phenoxy) is 1. The van der Waals surface area contributed by atoms with Crippen molar-refractivity contribution < 1.29 is 14.2 Å². The van der Waals surface area contributed by atoms with Crippen molar-refractivity contribution in [3.05, 3.63) is 29.6 Å². The Morgan fingerprint density at radius 2 is 1.95 bits per heavy atom. The van der Waals surface area contributed by atoms with E-state index in [1.165, 1.54) is 6.07 Å². The maximum atomic E-state index is 14.3. The van der Waals surface area contributed by atoms with Crippen molar-refractivity contribution in [2.45, 2.75) is 45.8 Å². The zero-order chi connectivity index (χ0) is 15.1. The predicted octanol–water partition coefficient (Wildman–Crippen LogP) is 3.52. The number of aliphatic hydroxyl groups is 1. The monoisotopic (exact) mass is 283 g/mol. The van der Waals surface area contributed by atoms with Crippen molar-refractivity contribution in [1.82, 2.24) is 0 Å². The van der Waals surface area contributed by atoms with Crippen LogP contribution in [0.15, 0.2) is 18.2 Å². The summed E-state index contributed by atoms with van der Waals surface area (Å²) < 4.78 is 19.5. The highest BCUT2D eigenvalue weighted by Gasteiger charge is 2.23. The van der Waals surface area contributed by atoms with Crippen LogP contribution in [-0.4, -0.2) is 31.4 Å². The molecule has 0 spiro atoms. The quantitative estimate of drug-likeness (QED) is 0.792. The van der Waals surface area contributed by atoms with E-state index in [2.05, 4.69) is 13.8 Å². The topological polar surface area (TPSA) is 32.7 Å². The summed E-state index contributed by atoms with van der Waals surface area (Å²) in [5.74, 6) is -0.286. The number of rotatable bonds is 8. The highest BCUT2D eigenvalue weighted by atomic mass is 19.1. The lowest BCUT2D eigenvalue weighted by Crippen LogP contribution is -2.38. The van der Waals surface area contributed by atoms with Gasteiger partial charge in [-0.1, -0.05) is 26.0 Å². The summed E-state index contributed by atoms with van der Waals surface area (Å²) in [6, 6.07) is 5.11. The molecule has 0 aliphatic carbocycles. The third-order valence-electron chi connectivity index (χ3n) is 3.67. The van der Waals surface area contributed by atoms with Crippen molar-refractivity contribution in [2.24, 2.45) is 0 Å². The first kappa shape index (κ1) is 16.9. The average molecular weight is 283 g/mol. The number of aliphatic hydroxyl groups excluding tert-OH is 1. The van der Waals surface area contributed by atoms with E-state index in [-0.39, 0.29) is 11.9 Å². The third kappa shape index (κ3) is 3.93. The largest absolute Gasteiger partial charge is 0.389 e. The molecule has 0 radical (unpaired) electrons. The number of para-hydroxylation sites is 1. The van der Waals surface area contributed by atoms with Crippen LogP contribution in [0.3, 0.4) is 0 Å². The van der Waals surface area contributed by atoms with Crippen molar-refractivity contribution >= 4 is 5.69 Å². The number of benzene rings is 1. The Bertz CT molecular complexity index is 405. The minimum absolute atomic E-state index is 0.236. The van der Waals surface area contributed by atoms with Gasteiger partial charge in [-0.05, 0) is 25.8 Å². The molecule has 20 heavy (non-hydrogen) atoms. The number of anilines is 1. The Balaban J connectivity index is 3.24. The van der Waals surface area contributed by atoms with Crippen LogP contribution in [-0.2, 0) is 4.74 Å². The van der Waals surface area contributed by atoms with Gasteiger partial charge in [0.25, 0.3) is 0 Å². The Morgan fingerprint density at radius 1 is 1.30 bits per heavy atom. The lowest BCUT2D eigenvalue weighted by atomic mass is 10.0. The van der Waals surface area contributed by atoms with Gasteiger partial charge in [-0.3, -0.25) is 0 Å². The third-order valence-corrected chi connectivity index (χ3v) is 3.67. The molecule has 114 valence electrons. The number of halogens is 1. The number of methoxy groups -OCH3 is 1. The Morgan fingerprint density at radius 3 is 2.45 bits per heavy atom. The van der Waals surface area contributed by atoms with Crippen LogP contribution in [0.5, 0.6) is 0 Å². The molecule has 0 saturated heterocycles. The van der Waals surface area contributed by atoms with Crippen LogP contribution in [0, 0.1) is 5.82 Å². The molecule has 0 amide bonds.